The van der Waals surface area contributed by atoms with Crippen LogP contribution in [0.3, 0.4) is 0 Å². The highest BCUT2D eigenvalue weighted by molar-refractivity contribution is 5.67. The number of nitrogens with two attached hydrogens (primary N) is 2. The molecule has 0 unspecified atom stereocenters. The van der Waals surface area contributed by atoms with Crippen molar-refractivity contribution in [1.82, 2.24) is 0 Å². The maximum atomic E-state index is 9.90. The van der Waals surface area contributed by atoms with E-state index in [0.717, 1.165) is 13.1 Å². The Balaban J connectivity index is -0.000000254. The molecule has 0 aromatic heterocycles. The van der Waals surface area contributed by atoms with Gasteiger partial charge in [0.15, 0.2) is 0 Å². The van der Waals surface area contributed by atoms with Gasteiger partial charge in [-0.25, -0.2) is 0 Å². The quantitative estimate of drug-likeness (QED) is 0.577. The van der Waals surface area contributed by atoms with Crippen LogP contribution in [0.15, 0.2) is 0 Å². The van der Waals surface area contributed by atoms with Crippen molar-refractivity contribution < 1.29 is 19.8 Å². The van der Waals surface area contributed by atoms with Gasteiger partial charge in [0.1, 0.15) is 0 Å². The summed E-state index contributed by atoms with van der Waals surface area (Å²) in [6.07, 6.45) is 10.0. The molecule has 6 heteroatoms. The first-order chi connectivity index (χ1) is 10.5. The minimum Gasteiger partial charge on any atom is -0.481 e. The SMILES string of the molecule is C1CCCCC1.CCN.CCN.O=C(O)CCCCC(=O)O. The molecule has 0 amide bonds. The Morgan fingerprint density at radius 3 is 1.05 bits per heavy atom. The molecule has 134 valence electrons. The molecule has 0 aromatic carbocycles. The highest BCUT2D eigenvalue weighted by Gasteiger charge is 1.99. The molecule has 1 saturated carbocycles. The summed E-state index contributed by atoms with van der Waals surface area (Å²) in [5, 5.41) is 16.3. The molecule has 0 spiro atoms. The Kier molecular flexibility index (Phi) is 29.1. The third-order valence-corrected chi connectivity index (χ3v) is 2.53. The van der Waals surface area contributed by atoms with Crippen LogP contribution in [0.1, 0.15) is 78.1 Å². The Hall–Kier alpha value is -1.14. The van der Waals surface area contributed by atoms with Gasteiger partial charge in [0.25, 0.3) is 0 Å². The molecule has 0 heterocycles. The van der Waals surface area contributed by atoms with Crippen LogP contribution in [0.2, 0.25) is 0 Å². The van der Waals surface area contributed by atoms with Crippen LogP contribution in [0.25, 0.3) is 0 Å². The zero-order chi connectivity index (χ0) is 17.6. The van der Waals surface area contributed by atoms with Gasteiger partial charge < -0.3 is 21.7 Å². The van der Waals surface area contributed by atoms with Gasteiger partial charge in [0.2, 0.25) is 0 Å². The van der Waals surface area contributed by atoms with E-state index < -0.39 is 11.9 Å². The molecule has 1 aliphatic rings. The molecule has 22 heavy (non-hydrogen) atoms. The number of hydrogen-bond acceptors (Lipinski definition) is 4. The molecule has 1 fully saturated rings. The fourth-order valence-corrected chi connectivity index (χ4v) is 1.61. The predicted octanol–water partition coefficient (Wildman–Crippen LogP) is 2.99. The van der Waals surface area contributed by atoms with Crippen LogP contribution in [-0.2, 0) is 9.59 Å². The van der Waals surface area contributed by atoms with E-state index in [1.54, 1.807) is 0 Å². The maximum absolute atomic E-state index is 9.90. The molecule has 0 bridgehead atoms. The predicted molar refractivity (Wildman–Crippen MR) is 90.9 cm³/mol. The molecule has 0 radical (unpaired) electrons. The van der Waals surface area contributed by atoms with E-state index in [-0.39, 0.29) is 12.8 Å². The summed E-state index contributed by atoms with van der Waals surface area (Å²) in [4.78, 5) is 19.8. The fraction of sp³-hybridized carbons (Fsp3) is 0.875. The van der Waals surface area contributed by atoms with Crippen molar-refractivity contribution in [2.75, 3.05) is 13.1 Å². The summed E-state index contributed by atoms with van der Waals surface area (Å²) in [6.45, 7) is 5.31. The molecule has 6 nitrogen and oxygen atoms in total. The second-order valence-electron chi connectivity index (χ2n) is 4.93. The van der Waals surface area contributed by atoms with Gasteiger partial charge in [-0.3, -0.25) is 9.59 Å². The second kappa shape index (κ2) is 24.9. The Labute approximate surface area is 135 Å². The van der Waals surface area contributed by atoms with Crippen molar-refractivity contribution in [2.45, 2.75) is 78.1 Å². The molecular weight excluding hydrogens is 284 g/mol. The molecule has 0 saturated heterocycles. The van der Waals surface area contributed by atoms with E-state index in [9.17, 15) is 9.59 Å². The van der Waals surface area contributed by atoms with Gasteiger partial charge in [-0.15, -0.1) is 0 Å². The van der Waals surface area contributed by atoms with Gasteiger partial charge in [-0.05, 0) is 25.9 Å². The number of rotatable bonds is 5. The lowest BCUT2D eigenvalue weighted by molar-refractivity contribution is -0.139. The van der Waals surface area contributed by atoms with Crippen molar-refractivity contribution >= 4 is 11.9 Å². The van der Waals surface area contributed by atoms with E-state index in [1.165, 1.54) is 38.5 Å². The number of aliphatic carboxylic acids is 2. The molecule has 1 rings (SSSR count). The lowest BCUT2D eigenvalue weighted by atomic mass is 10.0. The first kappa shape index (κ1) is 25.8. The topological polar surface area (TPSA) is 127 Å². The van der Waals surface area contributed by atoms with Crippen LogP contribution in [-0.4, -0.2) is 35.2 Å². The minimum atomic E-state index is -0.870. The van der Waals surface area contributed by atoms with Crippen molar-refractivity contribution in [2.24, 2.45) is 11.5 Å². The van der Waals surface area contributed by atoms with E-state index in [2.05, 4.69) is 0 Å². The summed E-state index contributed by atoms with van der Waals surface area (Å²) in [6, 6.07) is 0. The monoisotopic (exact) mass is 320 g/mol. The number of unbranched alkanes of at least 4 members (excludes halogenated alkanes) is 1. The normalized spacial score (nSPS) is 12.4. The van der Waals surface area contributed by atoms with Crippen molar-refractivity contribution in [3.63, 3.8) is 0 Å². The third-order valence-electron chi connectivity index (χ3n) is 2.53. The van der Waals surface area contributed by atoms with Crippen molar-refractivity contribution in [1.29, 1.82) is 0 Å². The largest absolute Gasteiger partial charge is 0.481 e. The second-order valence-corrected chi connectivity index (χ2v) is 4.93. The van der Waals surface area contributed by atoms with Gasteiger partial charge in [-0.1, -0.05) is 52.4 Å². The highest BCUT2D eigenvalue weighted by atomic mass is 16.4. The fourth-order valence-electron chi connectivity index (χ4n) is 1.61. The first-order valence-corrected chi connectivity index (χ1v) is 8.29. The summed E-state index contributed by atoms with van der Waals surface area (Å²) < 4.78 is 0. The molecule has 6 N–H and O–H groups in total. The molecular formula is C16H36N2O4. The van der Waals surface area contributed by atoms with Gasteiger partial charge in [-0.2, -0.15) is 0 Å². The zero-order valence-corrected chi connectivity index (χ0v) is 14.4. The number of carbonyl (C=O) groups is 2. The number of carboxylic acid groups (broad SMARTS) is 2. The van der Waals surface area contributed by atoms with Crippen LogP contribution in [0, 0.1) is 0 Å². The smallest absolute Gasteiger partial charge is 0.303 e. The van der Waals surface area contributed by atoms with E-state index in [1.807, 2.05) is 13.8 Å². The lowest BCUT2D eigenvalue weighted by Gasteiger charge is -2.05. The molecule has 1 aliphatic carbocycles. The van der Waals surface area contributed by atoms with E-state index >= 15 is 0 Å². The molecule has 0 aromatic rings. The maximum Gasteiger partial charge on any atom is 0.303 e. The average Bonchev–Trinajstić information content (AvgIpc) is 2.47. The van der Waals surface area contributed by atoms with Crippen LogP contribution in [0.4, 0.5) is 0 Å². The molecule has 0 aliphatic heterocycles. The van der Waals surface area contributed by atoms with E-state index in [4.69, 9.17) is 21.7 Å². The zero-order valence-electron chi connectivity index (χ0n) is 14.4. The number of carboxylic acids is 2. The van der Waals surface area contributed by atoms with E-state index in [0.29, 0.717) is 12.8 Å². The van der Waals surface area contributed by atoms with Crippen LogP contribution in [0.5, 0.6) is 0 Å². The summed E-state index contributed by atoms with van der Waals surface area (Å²) in [5.41, 5.74) is 9.69. The van der Waals surface area contributed by atoms with Gasteiger partial charge in [0, 0.05) is 12.8 Å². The lowest BCUT2D eigenvalue weighted by Crippen LogP contribution is -1.97. The number of hydrogen-bond donors (Lipinski definition) is 4. The third kappa shape index (κ3) is 42.8. The standard InChI is InChI=1S/C6H10O4.C6H12.2C2H7N/c7-5(8)3-1-2-4-6(9)10;1-2-4-6-5-3-1;2*1-2-3/h1-4H2,(H,7,8)(H,9,10);1-6H2;2*2-3H2,1H3. The highest BCUT2D eigenvalue weighted by Crippen LogP contribution is 2.15. The Bertz CT molecular complexity index is 203. The summed E-state index contributed by atoms with van der Waals surface area (Å²) in [5.74, 6) is -1.74. The Morgan fingerprint density at radius 2 is 0.909 bits per heavy atom. The Morgan fingerprint density at radius 1 is 0.727 bits per heavy atom. The van der Waals surface area contributed by atoms with Gasteiger partial charge in [0.05, 0.1) is 0 Å². The van der Waals surface area contributed by atoms with Gasteiger partial charge >= 0.3 is 11.9 Å². The minimum absolute atomic E-state index is 0.0628. The summed E-state index contributed by atoms with van der Waals surface area (Å²) in [7, 11) is 0. The van der Waals surface area contributed by atoms with Crippen LogP contribution < -0.4 is 11.5 Å². The van der Waals surface area contributed by atoms with Crippen molar-refractivity contribution in [3.8, 4) is 0 Å². The average molecular weight is 320 g/mol. The van der Waals surface area contributed by atoms with Crippen molar-refractivity contribution in [3.05, 3.63) is 0 Å². The van der Waals surface area contributed by atoms with Crippen LogP contribution >= 0.6 is 0 Å². The molecule has 0 atom stereocenters. The summed E-state index contributed by atoms with van der Waals surface area (Å²) >= 11 is 0. The first-order valence-electron chi connectivity index (χ1n) is 8.29.